The maximum atomic E-state index is 14.2. The van der Waals surface area contributed by atoms with Crippen LogP contribution in [0.2, 0.25) is 0 Å². The third kappa shape index (κ3) is 4.54. The van der Waals surface area contributed by atoms with E-state index in [0.29, 0.717) is 35.0 Å². The number of methoxy groups -OCH3 is 2. The van der Waals surface area contributed by atoms with Gasteiger partial charge in [-0.15, -0.1) is 11.3 Å². The average Bonchev–Trinajstić information content (AvgIpc) is 3.44. The van der Waals surface area contributed by atoms with Crippen molar-refractivity contribution in [2.45, 2.75) is 13.0 Å². The van der Waals surface area contributed by atoms with Crippen molar-refractivity contribution >= 4 is 17.0 Å². The van der Waals surface area contributed by atoms with Gasteiger partial charge in [0.25, 0.3) is 0 Å². The Morgan fingerprint density at radius 2 is 1.87 bits per heavy atom. The molecule has 0 atom stereocenters. The van der Waals surface area contributed by atoms with Gasteiger partial charge in [0.2, 0.25) is 0 Å². The van der Waals surface area contributed by atoms with E-state index in [4.69, 9.17) is 13.9 Å². The number of aromatic nitrogens is 1. The first-order chi connectivity index (χ1) is 15.1. The van der Waals surface area contributed by atoms with E-state index in [2.05, 4.69) is 4.99 Å². The van der Waals surface area contributed by atoms with Gasteiger partial charge in [-0.05, 0) is 48.4 Å². The molecule has 2 aromatic heterocycles. The van der Waals surface area contributed by atoms with Crippen LogP contribution in [0.1, 0.15) is 5.56 Å². The third-order valence-corrected chi connectivity index (χ3v) is 5.63. The summed E-state index contributed by atoms with van der Waals surface area (Å²) in [6.45, 7) is 0.566. The summed E-state index contributed by atoms with van der Waals surface area (Å²) in [5, 5.41) is 1.91. The first-order valence-electron chi connectivity index (χ1n) is 9.52. The molecule has 0 fully saturated rings. The standard InChI is InChI=1S/C23H20F2N2O3S/c1-28-21-8-5-15(12-22(21)29-2)9-10-27-19(20-4-3-11-30-20)14-31-23(27)26-18-7-6-16(24)13-17(18)25/h3-8,11-14H,9-10H2,1-2H3. The fourth-order valence-electron chi connectivity index (χ4n) is 3.21. The minimum absolute atomic E-state index is 0.0779. The summed E-state index contributed by atoms with van der Waals surface area (Å²) >= 11 is 1.36. The predicted octanol–water partition coefficient (Wildman–Crippen LogP) is 5.58. The fraction of sp³-hybridized carbons (Fsp3) is 0.174. The van der Waals surface area contributed by atoms with Crippen LogP contribution < -0.4 is 14.3 Å². The molecule has 0 saturated carbocycles. The largest absolute Gasteiger partial charge is 0.493 e. The number of hydrogen-bond donors (Lipinski definition) is 0. The van der Waals surface area contributed by atoms with Crippen molar-refractivity contribution < 1.29 is 22.7 Å². The molecule has 0 aliphatic rings. The number of thiazole rings is 1. The molecular weight excluding hydrogens is 422 g/mol. The second kappa shape index (κ2) is 9.18. The Hall–Kier alpha value is -3.39. The number of hydrogen-bond acceptors (Lipinski definition) is 5. The van der Waals surface area contributed by atoms with Crippen LogP contribution in [0.15, 0.2) is 69.6 Å². The molecule has 0 unspecified atom stereocenters. The minimum atomic E-state index is -0.709. The first-order valence-corrected chi connectivity index (χ1v) is 10.4. The molecule has 2 heterocycles. The highest BCUT2D eigenvalue weighted by Crippen LogP contribution is 2.28. The van der Waals surface area contributed by atoms with Gasteiger partial charge in [0.05, 0.1) is 26.2 Å². The monoisotopic (exact) mass is 442 g/mol. The number of furan rings is 1. The molecule has 160 valence electrons. The van der Waals surface area contributed by atoms with Crippen LogP contribution in [0.25, 0.3) is 11.5 Å². The van der Waals surface area contributed by atoms with Crippen molar-refractivity contribution in [2.75, 3.05) is 14.2 Å². The number of benzene rings is 2. The molecule has 4 aromatic rings. The van der Waals surface area contributed by atoms with E-state index < -0.39 is 11.6 Å². The maximum absolute atomic E-state index is 14.2. The second-order valence-electron chi connectivity index (χ2n) is 6.68. The Labute approximate surface area is 181 Å². The van der Waals surface area contributed by atoms with Crippen LogP contribution in [0, 0.1) is 11.6 Å². The molecule has 0 saturated heterocycles. The molecule has 0 amide bonds. The first kappa shape index (κ1) is 20.9. The Morgan fingerprint density at radius 1 is 1.03 bits per heavy atom. The molecule has 0 aliphatic heterocycles. The lowest BCUT2D eigenvalue weighted by Gasteiger charge is -2.11. The van der Waals surface area contributed by atoms with Crippen LogP contribution in [0.5, 0.6) is 11.5 Å². The number of rotatable bonds is 7. The van der Waals surface area contributed by atoms with Crippen molar-refractivity contribution in [3.63, 3.8) is 0 Å². The molecule has 8 heteroatoms. The topological polar surface area (TPSA) is 48.9 Å². The van der Waals surface area contributed by atoms with E-state index in [1.807, 2.05) is 40.3 Å². The fourth-order valence-corrected chi connectivity index (χ4v) is 4.14. The number of halogens is 2. The molecule has 0 spiro atoms. The van der Waals surface area contributed by atoms with Gasteiger partial charge < -0.3 is 18.5 Å². The maximum Gasteiger partial charge on any atom is 0.190 e. The quantitative estimate of drug-likeness (QED) is 0.375. The molecular formula is C23H20F2N2O3S. The summed E-state index contributed by atoms with van der Waals surface area (Å²) in [4.78, 5) is 5.02. The van der Waals surface area contributed by atoms with Crippen molar-refractivity contribution in [1.29, 1.82) is 0 Å². The zero-order valence-corrected chi connectivity index (χ0v) is 17.8. The van der Waals surface area contributed by atoms with Crippen molar-refractivity contribution in [1.82, 2.24) is 4.57 Å². The molecule has 31 heavy (non-hydrogen) atoms. The highest BCUT2D eigenvalue weighted by atomic mass is 32.1. The second-order valence-corrected chi connectivity index (χ2v) is 7.52. The minimum Gasteiger partial charge on any atom is -0.493 e. The zero-order valence-electron chi connectivity index (χ0n) is 17.0. The lowest BCUT2D eigenvalue weighted by Crippen LogP contribution is -2.17. The van der Waals surface area contributed by atoms with E-state index in [0.717, 1.165) is 17.3 Å². The Balaban J connectivity index is 1.71. The highest BCUT2D eigenvalue weighted by Gasteiger charge is 2.13. The van der Waals surface area contributed by atoms with Gasteiger partial charge in [-0.25, -0.2) is 13.8 Å². The number of nitrogens with zero attached hydrogens (tertiary/aromatic N) is 2. The van der Waals surface area contributed by atoms with Gasteiger partial charge in [-0.3, -0.25) is 0 Å². The smallest absolute Gasteiger partial charge is 0.190 e. The van der Waals surface area contributed by atoms with Crippen molar-refractivity contribution in [2.24, 2.45) is 4.99 Å². The van der Waals surface area contributed by atoms with Crippen molar-refractivity contribution in [3.05, 3.63) is 82.2 Å². The molecule has 0 N–H and O–H groups in total. The van der Waals surface area contributed by atoms with E-state index in [9.17, 15) is 8.78 Å². The predicted molar refractivity (Wildman–Crippen MR) is 115 cm³/mol. The third-order valence-electron chi connectivity index (χ3n) is 4.77. The van der Waals surface area contributed by atoms with Crippen LogP contribution in [0.4, 0.5) is 14.5 Å². The molecule has 0 radical (unpaired) electrons. The highest BCUT2D eigenvalue weighted by molar-refractivity contribution is 7.07. The van der Waals surface area contributed by atoms with Gasteiger partial charge in [-0.1, -0.05) is 6.07 Å². The van der Waals surface area contributed by atoms with Crippen LogP contribution in [0.3, 0.4) is 0 Å². The van der Waals surface area contributed by atoms with Crippen LogP contribution in [-0.4, -0.2) is 18.8 Å². The Morgan fingerprint density at radius 3 is 2.58 bits per heavy atom. The molecule has 5 nitrogen and oxygen atoms in total. The van der Waals surface area contributed by atoms with Gasteiger partial charge in [0.1, 0.15) is 11.5 Å². The number of aryl methyl sites for hydroxylation is 1. The lowest BCUT2D eigenvalue weighted by atomic mass is 10.1. The van der Waals surface area contributed by atoms with Gasteiger partial charge in [0.15, 0.2) is 27.9 Å². The average molecular weight is 442 g/mol. The number of ether oxygens (including phenoxy) is 2. The van der Waals surface area contributed by atoms with Gasteiger partial charge in [0, 0.05) is 18.0 Å². The van der Waals surface area contributed by atoms with Crippen LogP contribution >= 0.6 is 11.3 Å². The lowest BCUT2D eigenvalue weighted by molar-refractivity contribution is 0.354. The summed E-state index contributed by atoms with van der Waals surface area (Å²) < 4.78 is 45.6. The van der Waals surface area contributed by atoms with E-state index in [1.165, 1.54) is 23.5 Å². The summed E-state index contributed by atoms with van der Waals surface area (Å²) in [6, 6.07) is 12.8. The Bertz CT molecular complexity index is 1250. The molecule has 0 aliphatic carbocycles. The summed E-state index contributed by atoms with van der Waals surface area (Å²) in [6.07, 6.45) is 2.27. The Kier molecular flexibility index (Phi) is 6.18. The van der Waals surface area contributed by atoms with Crippen LogP contribution in [-0.2, 0) is 13.0 Å². The zero-order chi connectivity index (χ0) is 21.8. The van der Waals surface area contributed by atoms with E-state index in [1.54, 1.807) is 20.5 Å². The molecule has 2 aromatic carbocycles. The molecule has 4 rings (SSSR count). The SMILES string of the molecule is COc1ccc(CCn2c(-c3ccco3)csc2=Nc2ccc(F)cc2F)cc1OC. The van der Waals surface area contributed by atoms with Crippen molar-refractivity contribution in [3.8, 4) is 23.0 Å². The normalized spacial score (nSPS) is 11.7. The van der Waals surface area contributed by atoms with Gasteiger partial charge >= 0.3 is 0 Å². The van der Waals surface area contributed by atoms with E-state index in [-0.39, 0.29) is 5.69 Å². The summed E-state index contributed by atoms with van der Waals surface area (Å²) in [7, 11) is 3.19. The summed E-state index contributed by atoms with van der Waals surface area (Å²) in [5.74, 6) is 0.650. The van der Waals surface area contributed by atoms with E-state index >= 15 is 0 Å². The van der Waals surface area contributed by atoms with Gasteiger partial charge in [-0.2, -0.15) is 0 Å². The molecule has 0 bridgehead atoms. The summed E-state index contributed by atoms with van der Waals surface area (Å²) in [5.41, 5.74) is 1.95.